The summed E-state index contributed by atoms with van der Waals surface area (Å²) >= 11 is 0. The highest BCUT2D eigenvalue weighted by Gasteiger charge is 2.48. The van der Waals surface area contributed by atoms with Crippen molar-refractivity contribution in [3.05, 3.63) is 23.5 Å². The normalized spacial score (nSPS) is 20.1. The predicted octanol–water partition coefficient (Wildman–Crippen LogP) is 2.45. The number of carboxylic acid groups (broad SMARTS) is 1. The average molecular weight is 252 g/mol. The number of carbonyl (C=O) groups is 1. The molecule has 2 aliphatic rings. The second kappa shape index (κ2) is 3.86. The van der Waals surface area contributed by atoms with Crippen LogP contribution in [0.25, 0.3) is 0 Å². The zero-order valence-corrected chi connectivity index (χ0v) is 9.74. The number of aliphatic carboxylic acids is 1. The Balaban J connectivity index is 2.21. The van der Waals surface area contributed by atoms with Gasteiger partial charge in [-0.1, -0.05) is 12.8 Å². The number of hydrogen-bond donors (Lipinski definition) is 1. The number of ether oxygens (including phenoxy) is 2. The monoisotopic (exact) mass is 252 g/mol. The van der Waals surface area contributed by atoms with Crippen molar-refractivity contribution in [3.63, 3.8) is 0 Å². The van der Waals surface area contributed by atoms with Gasteiger partial charge in [-0.25, -0.2) is 4.39 Å². The molecule has 1 aliphatic carbocycles. The van der Waals surface area contributed by atoms with Gasteiger partial charge in [-0.3, -0.25) is 4.79 Å². The van der Waals surface area contributed by atoms with E-state index in [4.69, 9.17) is 9.47 Å². The number of benzene rings is 1. The SMILES string of the molecule is O=C(O)C1(c2c(F)ccc3c2OCO3)CCCC1. The number of carboxylic acids is 1. The fourth-order valence-electron chi connectivity index (χ4n) is 2.94. The summed E-state index contributed by atoms with van der Waals surface area (Å²) < 4.78 is 24.6. The number of hydrogen-bond acceptors (Lipinski definition) is 3. The Hall–Kier alpha value is -1.78. The number of fused-ring (bicyclic) bond motifs is 1. The van der Waals surface area contributed by atoms with Gasteiger partial charge in [-0.05, 0) is 25.0 Å². The zero-order chi connectivity index (χ0) is 12.8. The van der Waals surface area contributed by atoms with E-state index in [0.29, 0.717) is 18.6 Å². The summed E-state index contributed by atoms with van der Waals surface area (Å²) in [6, 6.07) is 2.73. The third kappa shape index (κ3) is 1.39. The third-order valence-corrected chi connectivity index (χ3v) is 3.83. The molecule has 0 unspecified atom stereocenters. The van der Waals surface area contributed by atoms with E-state index in [1.165, 1.54) is 12.1 Å². The van der Waals surface area contributed by atoms with Gasteiger partial charge in [0.1, 0.15) is 5.82 Å². The topological polar surface area (TPSA) is 55.8 Å². The van der Waals surface area contributed by atoms with Crippen LogP contribution in [0.15, 0.2) is 12.1 Å². The molecule has 1 aromatic rings. The van der Waals surface area contributed by atoms with E-state index >= 15 is 0 Å². The molecule has 0 spiro atoms. The summed E-state index contributed by atoms with van der Waals surface area (Å²) in [5.41, 5.74) is -1.01. The van der Waals surface area contributed by atoms with Crippen LogP contribution in [0.5, 0.6) is 11.5 Å². The van der Waals surface area contributed by atoms with Crippen LogP contribution in [-0.4, -0.2) is 17.9 Å². The first kappa shape index (κ1) is 11.3. The summed E-state index contributed by atoms with van der Waals surface area (Å²) in [5, 5.41) is 9.51. The highest BCUT2D eigenvalue weighted by molar-refractivity contribution is 5.83. The van der Waals surface area contributed by atoms with Crippen molar-refractivity contribution in [2.45, 2.75) is 31.1 Å². The lowest BCUT2D eigenvalue weighted by atomic mass is 9.78. The first-order valence-corrected chi connectivity index (χ1v) is 5.97. The van der Waals surface area contributed by atoms with Gasteiger partial charge in [0.25, 0.3) is 0 Å². The van der Waals surface area contributed by atoms with Crippen molar-refractivity contribution in [1.29, 1.82) is 0 Å². The second-order valence-corrected chi connectivity index (χ2v) is 4.75. The fraction of sp³-hybridized carbons (Fsp3) is 0.462. The molecule has 96 valence electrons. The molecule has 0 saturated heterocycles. The highest BCUT2D eigenvalue weighted by Crippen LogP contribution is 2.50. The van der Waals surface area contributed by atoms with Gasteiger partial charge in [0.05, 0.1) is 11.0 Å². The highest BCUT2D eigenvalue weighted by atomic mass is 19.1. The van der Waals surface area contributed by atoms with Crippen LogP contribution in [-0.2, 0) is 10.2 Å². The maximum atomic E-state index is 14.1. The minimum Gasteiger partial charge on any atom is -0.481 e. The van der Waals surface area contributed by atoms with E-state index in [1.54, 1.807) is 0 Å². The first-order chi connectivity index (χ1) is 8.65. The quantitative estimate of drug-likeness (QED) is 0.878. The standard InChI is InChI=1S/C13H13FO4/c14-8-3-4-9-11(18-7-17-9)10(8)13(12(15)16)5-1-2-6-13/h3-4H,1-2,5-7H2,(H,15,16). The summed E-state index contributed by atoms with van der Waals surface area (Å²) in [6.45, 7) is 0.0154. The predicted molar refractivity (Wildman–Crippen MR) is 60.3 cm³/mol. The molecule has 4 nitrogen and oxygen atoms in total. The van der Waals surface area contributed by atoms with Crippen LogP contribution in [0.1, 0.15) is 31.2 Å². The fourth-order valence-corrected chi connectivity index (χ4v) is 2.94. The van der Waals surface area contributed by atoms with Gasteiger partial charge < -0.3 is 14.6 Å². The molecule has 0 aromatic heterocycles. The molecule has 0 amide bonds. The molecule has 1 saturated carbocycles. The van der Waals surface area contributed by atoms with Crippen molar-refractivity contribution in [2.75, 3.05) is 6.79 Å². The van der Waals surface area contributed by atoms with Crippen molar-refractivity contribution in [1.82, 2.24) is 0 Å². The van der Waals surface area contributed by atoms with Gasteiger partial charge >= 0.3 is 5.97 Å². The van der Waals surface area contributed by atoms with Gasteiger partial charge in [0, 0.05) is 0 Å². The van der Waals surface area contributed by atoms with Crippen molar-refractivity contribution in [3.8, 4) is 11.5 Å². The molecule has 1 heterocycles. The van der Waals surface area contributed by atoms with Crippen LogP contribution < -0.4 is 9.47 Å². The van der Waals surface area contributed by atoms with E-state index in [9.17, 15) is 14.3 Å². The third-order valence-electron chi connectivity index (χ3n) is 3.83. The molecule has 1 fully saturated rings. The lowest BCUT2D eigenvalue weighted by molar-refractivity contribution is -0.143. The largest absolute Gasteiger partial charge is 0.481 e. The minimum absolute atomic E-state index is 0.0154. The number of halogens is 1. The first-order valence-electron chi connectivity index (χ1n) is 5.97. The Morgan fingerprint density at radius 1 is 1.28 bits per heavy atom. The maximum absolute atomic E-state index is 14.1. The van der Waals surface area contributed by atoms with Crippen molar-refractivity contribution < 1.29 is 23.8 Å². The summed E-state index contributed by atoms with van der Waals surface area (Å²) in [7, 11) is 0. The molecule has 1 aromatic carbocycles. The molecule has 0 atom stereocenters. The van der Waals surface area contributed by atoms with Gasteiger partial charge in [0.2, 0.25) is 6.79 Å². The molecule has 1 N–H and O–H groups in total. The molecule has 0 bridgehead atoms. The van der Waals surface area contributed by atoms with Gasteiger partial charge in [-0.2, -0.15) is 0 Å². The molecule has 1 aliphatic heterocycles. The van der Waals surface area contributed by atoms with Crippen molar-refractivity contribution >= 4 is 5.97 Å². The smallest absolute Gasteiger partial charge is 0.314 e. The Labute approximate surface area is 103 Å². The van der Waals surface area contributed by atoms with E-state index in [1.807, 2.05) is 0 Å². The van der Waals surface area contributed by atoms with E-state index in [2.05, 4.69) is 0 Å². The average Bonchev–Trinajstić information content (AvgIpc) is 2.96. The molecule has 0 radical (unpaired) electrons. The molecule has 3 rings (SSSR count). The van der Waals surface area contributed by atoms with Crippen molar-refractivity contribution in [2.24, 2.45) is 0 Å². The van der Waals surface area contributed by atoms with Gasteiger partial charge in [-0.15, -0.1) is 0 Å². The zero-order valence-electron chi connectivity index (χ0n) is 9.74. The van der Waals surface area contributed by atoms with Crippen LogP contribution in [0.4, 0.5) is 4.39 Å². The Morgan fingerprint density at radius 2 is 2.00 bits per heavy atom. The van der Waals surface area contributed by atoms with Crippen LogP contribution in [0, 0.1) is 5.82 Å². The van der Waals surface area contributed by atoms with E-state index < -0.39 is 17.2 Å². The maximum Gasteiger partial charge on any atom is 0.314 e. The summed E-state index contributed by atoms with van der Waals surface area (Å²) in [5.74, 6) is -0.815. The lowest BCUT2D eigenvalue weighted by Crippen LogP contribution is -2.34. The summed E-state index contributed by atoms with van der Waals surface area (Å²) in [4.78, 5) is 11.6. The second-order valence-electron chi connectivity index (χ2n) is 4.75. The van der Waals surface area contributed by atoms with Crippen LogP contribution in [0.2, 0.25) is 0 Å². The number of rotatable bonds is 2. The molecule has 18 heavy (non-hydrogen) atoms. The Kier molecular flexibility index (Phi) is 2.43. The van der Waals surface area contributed by atoms with E-state index in [-0.39, 0.29) is 18.1 Å². The Morgan fingerprint density at radius 3 is 2.67 bits per heavy atom. The minimum atomic E-state index is -1.16. The molecular weight excluding hydrogens is 239 g/mol. The van der Waals surface area contributed by atoms with Crippen LogP contribution in [0.3, 0.4) is 0 Å². The van der Waals surface area contributed by atoms with Gasteiger partial charge in [0.15, 0.2) is 11.5 Å². The van der Waals surface area contributed by atoms with Crippen LogP contribution >= 0.6 is 0 Å². The Bertz CT molecular complexity index is 506. The van der Waals surface area contributed by atoms with E-state index in [0.717, 1.165) is 12.8 Å². The lowest BCUT2D eigenvalue weighted by Gasteiger charge is -2.25. The summed E-state index contributed by atoms with van der Waals surface area (Å²) in [6.07, 6.45) is 2.46. The molecule has 5 heteroatoms. The molecular formula is C13H13FO4.